The molecule has 0 aliphatic heterocycles. The molecule has 0 radical (unpaired) electrons. The molecule has 0 amide bonds. The molecule has 19 heavy (non-hydrogen) atoms. The first-order valence-corrected chi connectivity index (χ1v) is 5.59. The lowest BCUT2D eigenvalue weighted by Gasteiger charge is -2.11. The smallest absolute Gasteiger partial charge is 0.398 e. The molecule has 0 aromatic heterocycles. The molecule has 0 heterocycles. The first-order chi connectivity index (χ1) is 8.79. The van der Waals surface area contributed by atoms with Crippen LogP contribution >= 0.6 is 11.6 Å². The Bertz CT molecular complexity index is 623. The average molecular weight is 290 g/mol. The van der Waals surface area contributed by atoms with E-state index in [0.29, 0.717) is 11.1 Å². The fourth-order valence-corrected chi connectivity index (χ4v) is 1.85. The molecular formula is C13H8ClF4N. The maximum atomic E-state index is 13.0. The molecular weight excluding hydrogens is 282 g/mol. The normalized spacial score (nSPS) is 11.6. The van der Waals surface area contributed by atoms with Gasteiger partial charge in [-0.3, -0.25) is 0 Å². The van der Waals surface area contributed by atoms with Gasteiger partial charge in [0.05, 0.1) is 10.6 Å². The standard InChI is InChI=1S/C13H8ClF4N/c14-10-5-7(1-4-11(10)15)9-3-2-8(6-12(9)19)13(16,17)18/h1-6H,19H2. The minimum atomic E-state index is -4.45. The molecule has 0 saturated carbocycles. The van der Waals surface area contributed by atoms with Gasteiger partial charge in [0.15, 0.2) is 0 Å². The lowest BCUT2D eigenvalue weighted by atomic mass is 10.0. The second-order valence-corrected chi connectivity index (χ2v) is 4.34. The van der Waals surface area contributed by atoms with Crippen LogP contribution in [-0.4, -0.2) is 0 Å². The lowest BCUT2D eigenvalue weighted by Crippen LogP contribution is -2.06. The Kier molecular flexibility index (Phi) is 3.41. The summed E-state index contributed by atoms with van der Waals surface area (Å²) in [4.78, 5) is 0. The maximum Gasteiger partial charge on any atom is 0.416 e. The van der Waals surface area contributed by atoms with Crippen LogP contribution in [0.15, 0.2) is 36.4 Å². The number of hydrogen-bond donors (Lipinski definition) is 1. The van der Waals surface area contributed by atoms with E-state index in [4.69, 9.17) is 17.3 Å². The highest BCUT2D eigenvalue weighted by atomic mass is 35.5. The van der Waals surface area contributed by atoms with Crippen molar-refractivity contribution in [2.45, 2.75) is 6.18 Å². The Morgan fingerprint density at radius 1 is 1.00 bits per heavy atom. The van der Waals surface area contributed by atoms with Gasteiger partial charge in [-0.25, -0.2) is 4.39 Å². The van der Waals surface area contributed by atoms with E-state index < -0.39 is 17.6 Å². The highest BCUT2D eigenvalue weighted by Gasteiger charge is 2.30. The molecule has 0 aliphatic rings. The van der Waals surface area contributed by atoms with Gasteiger partial charge in [-0.05, 0) is 29.8 Å². The summed E-state index contributed by atoms with van der Waals surface area (Å²) in [6.45, 7) is 0. The Hall–Kier alpha value is -1.75. The van der Waals surface area contributed by atoms with E-state index in [-0.39, 0.29) is 10.7 Å². The predicted octanol–water partition coefficient (Wildman–Crippen LogP) is 4.75. The van der Waals surface area contributed by atoms with Crippen LogP contribution in [0.2, 0.25) is 5.02 Å². The van der Waals surface area contributed by atoms with Gasteiger partial charge in [0, 0.05) is 11.3 Å². The van der Waals surface area contributed by atoms with Crippen molar-refractivity contribution < 1.29 is 17.6 Å². The molecule has 6 heteroatoms. The third kappa shape index (κ3) is 2.81. The number of hydrogen-bond acceptors (Lipinski definition) is 1. The van der Waals surface area contributed by atoms with Gasteiger partial charge >= 0.3 is 6.18 Å². The second-order valence-electron chi connectivity index (χ2n) is 3.93. The number of benzene rings is 2. The van der Waals surface area contributed by atoms with E-state index in [2.05, 4.69) is 0 Å². The lowest BCUT2D eigenvalue weighted by molar-refractivity contribution is -0.137. The fourth-order valence-electron chi connectivity index (χ4n) is 1.67. The molecule has 0 aliphatic carbocycles. The van der Waals surface area contributed by atoms with E-state index >= 15 is 0 Å². The van der Waals surface area contributed by atoms with Crippen molar-refractivity contribution in [3.63, 3.8) is 0 Å². The Labute approximate surface area is 111 Å². The van der Waals surface area contributed by atoms with Crippen molar-refractivity contribution in [2.75, 3.05) is 5.73 Å². The topological polar surface area (TPSA) is 26.0 Å². The first kappa shape index (κ1) is 13.7. The quantitative estimate of drug-likeness (QED) is 0.595. The summed E-state index contributed by atoms with van der Waals surface area (Å²) in [5.74, 6) is -0.601. The summed E-state index contributed by atoms with van der Waals surface area (Å²) >= 11 is 5.62. The molecule has 2 aromatic rings. The van der Waals surface area contributed by atoms with E-state index in [1.165, 1.54) is 18.2 Å². The minimum Gasteiger partial charge on any atom is -0.398 e. The molecule has 0 atom stereocenters. The molecule has 0 bridgehead atoms. The van der Waals surface area contributed by atoms with Gasteiger partial charge in [-0.2, -0.15) is 13.2 Å². The molecule has 0 saturated heterocycles. The van der Waals surface area contributed by atoms with Crippen molar-refractivity contribution in [3.8, 4) is 11.1 Å². The maximum absolute atomic E-state index is 13.0. The van der Waals surface area contributed by atoms with Crippen LogP contribution in [0.1, 0.15) is 5.56 Å². The van der Waals surface area contributed by atoms with E-state index in [1.54, 1.807) is 0 Å². The zero-order valence-corrected chi connectivity index (χ0v) is 10.2. The zero-order chi connectivity index (χ0) is 14.2. The molecule has 0 spiro atoms. The predicted molar refractivity (Wildman–Crippen MR) is 66.3 cm³/mol. The summed E-state index contributed by atoms with van der Waals surface area (Å²) in [5, 5.41) is -0.114. The Morgan fingerprint density at radius 2 is 1.68 bits per heavy atom. The second kappa shape index (κ2) is 4.74. The summed E-state index contributed by atoms with van der Waals surface area (Å²) in [6, 6.07) is 6.85. The molecule has 100 valence electrons. The number of alkyl halides is 3. The monoisotopic (exact) mass is 289 g/mol. The molecule has 0 fully saturated rings. The fraction of sp³-hybridized carbons (Fsp3) is 0.0769. The van der Waals surface area contributed by atoms with Crippen LogP contribution in [0.5, 0.6) is 0 Å². The van der Waals surface area contributed by atoms with Gasteiger partial charge in [0.25, 0.3) is 0 Å². The Balaban J connectivity index is 2.49. The molecule has 2 N–H and O–H groups in total. The zero-order valence-electron chi connectivity index (χ0n) is 9.43. The van der Waals surface area contributed by atoms with Gasteiger partial charge in [-0.1, -0.05) is 23.7 Å². The van der Waals surface area contributed by atoms with Crippen molar-refractivity contribution in [3.05, 3.63) is 52.8 Å². The molecule has 1 nitrogen and oxygen atoms in total. The van der Waals surface area contributed by atoms with Gasteiger partial charge < -0.3 is 5.73 Å². The van der Waals surface area contributed by atoms with Gasteiger partial charge in [-0.15, -0.1) is 0 Å². The van der Waals surface area contributed by atoms with Crippen molar-refractivity contribution in [2.24, 2.45) is 0 Å². The SMILES string of the molecule is Nc1cc(C(F)(F)F)ccc1-c1ccc(F)c(Cl)c1. The average Bonchev–Trinajstić information content (AvgIpc) is 2.31. The summed E-state index contributed by atoms with van der Waals surface area (Å²) in [5.41, 5.74) is 5.55. The summed E-state index contributed by atoms with van der Waals surface area (Å²) in [6.07, 6.45) is -4.45. The van der Waals surface area contributed by atoms with Crippen molar-refractivity contribution in [1.29, 1.82) is 0 Å². The highest BCUT2D eigenvalue weighted by molar-refractivity contribution is 6.31. The minimum absolute atomic E-state index is 0.0440. The van der Waals surface area contributed by atoms with Crippen molar-refractivity contribution >= 4 is 17.3 Å². The van der Waals surface area contributed by atoms with E-state index in [0.717, 1.165) is 18.2 Å². The number of halogens is 5. The number of nitrogens with two attached hydrogens (primary N) is 1. The third-order valence-corrected chi connectivity index (χ3v) is 2.90. The van der Waals surface area contributed by atoms with Crippen LogP contribution < -0.4 is 5.73 Å². The van der Waals surface area contributed by atoms with E-state index in [1.807, 2.05) is 0 Å². The van der Waals surface area contributed by atoms with Crippen molar-refractivity contribution in [1.82, 2.24) is 0 Å². The Morgan fingerprint density at radius 3 is 2.21 bits per heavy atom. The number of nitrogen functional groups attached to an aromatic ring is 1. The molecule has 2 rings (SSSR count). The summed E-state index contributed by atoms with van der Waals surface area (Å²) in [7, 11) is 0. The van der Waals surface area contributed by atoms with Gasteiger partial charge in [0.2, 0.25) is 0 Å². The highest BCUT2D eigenvalue weighted by Crippen LogP contribution is 2.35. The molecule has 2 aromatic carbocycles. The van der Waals surface area contributed by atoms with E-state index in [9.17, 15) is 17.6 Å². The van der Waals surface area contributed by atoms with Crippen LogP contribution in [0, 0.1) is 5.82 Å². The first-order valence-electron chi connectivity index (χ1n) is 5.21. The van der Waals surface area contributed by atoms with Crippen LogP contribution in [0.3, 0.4) is 0 Å². The largest absolute Gasteiger partial charge is 0.416 e. The van der Waals surface area contributed by atoms with Crippen LogP contribution in [0.4, 0.5) is 23.2 Å². The third-order valence-electron chi connectivity index (χ3n) is 2.61. The van der Waals surface area contributed by atoms with Crippen LogP contribution in [0.25, 0.3) is 11.1 Å². The van der Waals surface area contributed by atoms with Crippen LogP contribution in [-0.2, 0) is 6.18 Å². The molecule has 0 unspecified atom stereocenters. The summed E-state index contributed by atoms with van der Waals surface area (Å²) < 4.78 is 50.5. The number of rotatable bonds is 1. The number of anilines is 1. The van der Waals surface area contributed by atoms with Gasteiger partial charge in [0.1, 0.15) is 5.82 Å².